The summed E-state index contributed by atoms with van der Waals surface area (Å²) in [5, 5.41) is 2.90. The second-order valence-electron chi connectivity index (χ2n) is 7.38. The van der Waals surface area contributed by atoms with Crippen LogP contribution in [0.2, 0.25) is 0 Å². The second-order valence-corrected chi connectivity index (χ2v) is 7.38. The van der Waals surface area contributed by atoms with Crippen molar-refractivity contribution < 1.29 is 9.59 Å². The molecule has 2 aliphatic rings. The zero-order valence-corrected chi connectivity index (χ0v) is 15.3. The third-order valence-electron chi connectivity index (χ3n) is 5.62. The Balaban J connectivity index is 1.56. The molecule has 1 aromatic carbocycles. The number of rotatable bonds is 5. The van der Waals surface area contributed by atoms with Crippen molar-refractivity contribution in [2.75, 3.05) is 25.0 Å². The van der Waals surface area contributed by atoms with Gasteiger partial charge in [0.05, 0.1) is 0 Å². The van der Waals surface area contributed by atoms with Crippen LogP contribution in [0, 0.1) is 5.92 Å². The van der Waals surface area contributed by atoms with Gasteiger partial charge in [0.1, 0.15) is 6.04 Å². The van der Waals surface area contributed by atoms with E-state index in [-0.39, 0.29) is 23.8 Å². The average Bonchev–Trinajstić information content (AvgIpc) is 2.59. The smallest absolute Gasteiger partial charge is 0.244 e. The maximum atomic E-state index is 12.7. The van der Waals surface area contributed by atoms with Gasteiger partial charge in [0.15, 0.2) is 0 Å². The van der Waals surface area contributed by atoms with Crippen LogP contribution in [-0.2, 0) is 9.59 Å². The molecule has 1 heterocycles. The lowest BCUT2D eigenvalue weighted by Gasteiger charge is -2.39. The van der Waals surface area contributed by atoms with E-state index < -0.39 is 6.04 Å². The lowest BCUT2D eigenvalue weighted by Crippen LogP contribution is -2.54. The zero-order valence-electron chi connectivity index (χ0n) is 15.3. The van der Waals surface area contributed by atoms with Gasteiger partial charge in [-0.15, -0.1) is 0 Å². The van der Waals surface area contributed by atoms with Crippen molar-refractivity contribution >= 4 is 17.5 Å². The van der Waals surface area contributed by atoms with Crippen molar-refractivity contribution in [2.24, 2.45) is 5.92 Å². The second kappa shape index (κ2) is 7.89. The maximum Gasteiger partial charge on any atom is 0.244 e. The van der Waals surface area contributed by atoms with Crippen LogP contribution >= 0.6 is 0 Å². The Morgan fingerprint density at radius 3 is 2.52 bits per heavy atom. The fraction of sp³-hybridized carbons (Fsp3) is 0.600. The van der Waals surface area contributed by atoms with Crippen molar-refractivity contribution in [3.05, 3.63) is 30.3 Å². The molecule has 2 amide bonds. The minimum Gasteiger partial charge on any atom is -0.369 e. The fourth-order valence-corrected chi connectivity index (χ4v) is 3.69. The summed E-state index contributed by atoms with van der Waals surface area (Å²) in [5.41, 5.74) is 1.21. The molecule has 0 radical (unpaired) electrons. The number of hydrogen-bond donors (Lipinski definition) is 1. The number of likely N-dealkylation sites (N-methyl/N-ethyl adjacent to an activating group) is 1. The molecule has 2 unspecified atom stereocenters. The van der Waals surface area contributed by atoms with E-state index in [1.54, 1.807) is 6.92 Å². The molecule has 136 valence electrons. The molecule has 5 heteroatoms. The molecule has 1 saturated heterocycles. The number of carbonyl (C=O) groups excluding carboxylic acids is 2. The average molecular weight is 343 g/mol. The van der Waals surface area contributed by atoms with Gasteiger partial charge in [-0.1, -0.05) is 24.6 Å². The Hall–Kier alpha value is -2.04. The molecule has 0 spiro atoms. The largest absolute Gasteiger partial charge is 0.369 e. The summed E-state index contributed by atoms with van der Waals surface area (Å²) in [6.45, 7) is 3.67. The third-order valence-corrected chi connectivity index (χ3v) is 5.62. The number of nitrogens with zero attached hydrogens (tertiary/aromatic N) is 2. The molecule has 2 atom stereocenters. The van der Waals surface area contributed by atoms with E-state index in [0.29, 0.717) is 0 Å². The van der Waals surface area contributed by atoms with Gasteiger partial charge < -0.3 is 15.1 Å². The number of anilines is 1. The number of amides is 2. The first-order chi connectivity index (χ1) is 12.1. The van der Waals surface area contributed by atoms with Crippen LogP contribution in [0.4, 0.5) is 5.69 Å². The van der Waals surface area contributed by atoms with Crippen LogP contribution in [-0.4, -0.2) is 48.9 Å². The number of para-hydroxylation sites is 1. The first kappa shape index (κ1) is 17.8. The van der Waals surface area contributed by atoms with E-state index in [9.17, 15) is 9.59 Å². The Bertz CT molecular complexity index is 600. The number of benzene rings is 1. The van der Waals surface area contributed by atoms with Crippen LogP contribution in [0.1, 0.15) is 39.0 Å². The van der Waals surface area contributed by atoms with Crippen LogP contribution in [0.5, 0.6) is 0 Å². The molecule has 1 saturated carbocycles. The van der Waals surface area contributed by atoms with Gasteiger partial charge in [0.25, 0.3) is 0 Å². The highest BCUT2D eigenvalue weighted by Crippen LogP contribution is 2.26. The summed E-state index contributed by atoms with van der Waals surface area (Å²) in [6, 6.07) is 10.1. The van der Waals surface area contributed by atoms with Gasteiger partial charge in [-0.3, -0.25) is 9.59 Å². The maximum absolute atomic E-state index is 12.7. The SMILES string of the molecule is CC(NC(=O)C1CCC1)C(=O)N(C)C1CCCN(c2ccccc2)C1. The molecule has 3 rings (SSSR count). The van der Waals surface area contributed by atoms with E-state index in [0.717, 1.165) is 45.2 Å². The van der Waals surface area contributed by atoms with E-state index in [4.69, 9.17) is 0 Å². The fourth-order valence-electron chi connectivity index (χ4n) is 3.69. The molecule has 1 aliphatic carbocycles. The third kappa shape index (κ3) is 4.14. The van der Waals surface area contributed by atoms with Crippen molar-refractivity contribution in [3.63, 3.8) is 0 Å². The highest BCUT2D eigenvalue weighted by atomic mass is 16.2. The van der Waals surface area contributed by atoms with E-state index in [1.165, 1.54) is 5.69 Å². The van der Waals surface area contributed by atoms with Gasteiger partial charge in [0, 0.05) is 37.8 Å². The molecule has 0 bridgehead atoms. The van der Waals surface area contributed by atoms with Gasteiger partial charge in [-0.05, 0) is 44.7 Å². The molecule has 1 N–H and O–H groups in total. The van der Waals surface area contributed by atoms with Crippen LogP contribution in [0.25, 0.3) is 0 Å². The van der Waals surface area contributed by atoms with Gasteiger partial charge in [0.2, 0.25) is 11.8 Å². The van der Waals surface area contributed by atoms with Gasteiger partial charge in [-0.25, -0.2) is 0 Å². The number of nitrogens with one attached hydrogen (secondary N) is 1. The standard InChI is InChI=1S/C20H29N3O2/c1-15(21-19(24)16-8-6-9-16)20(25)22(2)18-12-7-13-23(14-18)17-10-4-3-5-11-17/h3-5,10-11,15-16,18H,6-9,12-14H2,1-2H3,(H,21,24). The lowest BCUT2D eigenvalue weighted by atomic mass is 9.84. The zero-order chi connectivity index (χ0) is 17.8. The quantitative estimate of drug-likeness (QED) is 0.893. The summed E-state index contributed by atoms with van der Waals surface area (Å²) in [7, 11) is 1.87. The monoisotopic (exact) mass is 343 g/mol. The Morgan fingerprint density at radius 2 is 1.88 bits per heavy atom. The summed E-state index contributed by atoms with van der Waals surface area (Å²) in [4.78, 5) is 29.0. The van der Waals surface area contributed by atoms with Crippen LogP contribution < -0.4 is 10.2 Å². The predicted molar refractivity (Wildman–Crippen MR) is 99.4 cm³/mol. The molecule has 1 aliphatic heterocycles. The molecule has 25 heavy (non-hydrogen) atoms. The highest BCUT2D eigenvalue weighted by molar-refractivity contribution is 5.88. The Morgan fingerprint density at radius 1 is 1.16 bits per heavy atom. The number of piperidine rings is 1. The minimum atomic E-state index is -0.454. The summed E-state index contributed by atoms with van der Waals surface area (Å²) in [5.74, 6) is 0.159. The predicted octanol–water partition coefficient (Wildman–Crippen LogP) is 2.42. The molecule has 2 fully saturated rings. The molecular weight excluding hydrogens is 314 g/mol. The first-order valence-corrected chi connectivity index (χ1v) is 9.43. The molecule has 1 aromatic rings. The number of hydrogen-bond acceptors (Lipinski definition) is 3. The highest BCUT2D eigenvalue weighted by Gasteiger charge is 2.31. The van der Waals surface area contributed by atoms with E-state index in [2.05, 4.69) is 22.3 Å². The van der Waals surface area contributed by atoms with E-state index >= 15 is 0 Å². The normalized spacial score (nSPS) is 22.0. The molecule has 0 aromatic heterocycles. The number of carbonyl (C=O) groups is 2. The molecular formula is C20H29N3O2. The first-order valence-electron chi connectivity index (χ1n) is 9.43. The van der Waals surface area contributed by atoms with Gasteiger partial charge >= 0.3 is 0 Å². The minimum absolute atomic E-state index is 0.00702. The Kier molecular flexibility index (Phi) is 5.61. The topological polar surface area (TPSA) is 52.7 Å². The van der Waals surface area contributed by atoms with Crippen LogP contribution in [0.15, 0.2) is 30.3 Å². The van der Waals surface area contributed by atoms with Gasteiger partial charge in [-0.2, -0.15) is 0 Å². The van der Waals surface area contributed by atoms with Crippen molar-refractivity contribution in [1.29, 1.82) is 0 Å². The van der Waals surface area contributed by atoms with E-state index in [1.807, 2.05) is 30.1 Å². The van der Waals surface area contributed by atoms with Crippen molar-refractivity contribution in [3.8, 4) is 0 Å². The summed E-state index contributed by atoms with van der Waals surface area (Å²) < 4.78 is 0. The molecule has 5 nitrogen and oxygen atoms in total. The van der Waals surface area contributed by atoms with Crippen molar-refractivity contribution in [1.82, 2.24) is 10.2 Å². The summed E-state index contributed by atoms with van der Waals surface area (Å²) >= 11 is 0. The Labute approximate surface area is 150 Å². The lowest BCUT2D eigenvalue weighted by molar-refractivity contribution is -0.138. The van der Waals surface area contributed by atoms with Crippen LogP contribution in [0.3, 0.4) is 0 Å². The summed E-state index contributed by atoms with van der Waals surface area (Å²) in [6.07, 6.45) is 5.11. The van der Waals surface area contributed by atoms with Crippen molar-refractivity contribution in [2.45, 2.75) is 51.1 Å².